The second kappa shape index (κ2) is 5.03. The molecule has 2 aliphatic rings. The number of carbonyl (C=O) groups excluding carboxylic acids is 2. The number of methoxy groups -OCH3 is 2. The Morgan fingerprint density at radius 2 is 2.09 bits per heavy atom. The molecule has 22 heavy (non-hydrogen) atoms. The van der Waals surface area contributed by atoms with E-state index in [2.05, 4.69) is 5.16 Å². The molecular weight excluding hydrogens is 288 g/mol. The van der Waals surface area contributed by atoms with Gasteiger partial charge in [-0.1, -0.05) is 11.2 Å². The van der Waals surface area contributed by atoms with E-state index in [-0.39, 0.29) is 29.3 Å². The molecule has 0 radical (unpaired) electrons. The molecule has 1 heterocycles. The molecule has 3 atom stereocenters. The molecule has 7 nitrogen and oxygen atoms in total. The first-order valence-corrected chi connectivity index (χ1v) is 7.00. The van der Waals surface area contributed by atoms with Crippen molar-refractivity contribution in [2.75, 3.05) is 28.3 Å². The quantitative estimate of drug-likeness (QED) is 0.771. The molecule has 0 saturated heterocycles. The second-order valence-corrected chi connectivity index (χ2v) is 5.72. The molecule has 2 aliphatic carbocycles. The van der Waals surface area contributed by atoms with Crippen LogP contribution in [0.2, 0.25) is 0 Å². The lowest BCUT2D eigenvalue weighted by molar-refractivity contribution is -0.141. The van der Waals surface area contributed by atoms with Crippen molar-refractivity contribution in [1.29, 1.82) is 0 Å². The predicted molar refractivity (Wildman–Crippen MR) is 75.8 cm³/mol. The number of hydrogen-bond donors (Lipinski definition) is 0. The number of allylic oxidation sites excluding steroid dienone is 1. The maximum Gasteiger partial charge on any atom is 0.322 e. The fourth-order valence-corrected chi connectivity index (χ4v) is 3.59. The highest BCUT2D eigenvalue weighted by molar-refractivity contribution is 6.23. The minimum Gasteiger partial charge on any atom is -0.467 e. The van der Waals surface area contributed by atoms with Gasteiger partial charge < -0.3 is 18.9 Å². The Morgan fingerprint density at radius 3 is 2.68 bits per heavy atom. The Balaban J connectivity index is 2.29. The Bertz CT molecular complexity index is 663. The van der Waals surface area contributed by atoms with Crippen molar-refractivity contribution in [1.82, 2.24) is 10.1 Å². The third-order valence-corrected chi connectivity index (χ3v) is 4.52. The van der Waals surface area contributed by atoms with E-state index < -0.39 is 11.4 Å². The van der Waals surface area contributed by atoms with Gasteiger partial charge in [-0.25, -0.2) is 0 Å². The number of hydrogen-bond acceptors (Lipinski definition) is 7. The van der Waals surface area contributed by atoms with Crippen LogP contribution in [0.5, 0.6) is 5.95 Å². The number of rotatable bonds is 3. The molecule has 0 unspecified atom stereocenters. The van der Waals surface area contributed by atoms with Crippen molar-refractivity contribution < 1.29 is 23.6 Å². The molecule has 1 aromatic heterocycles. The van der Waals surface area contributed by atoms with Crippen LogP contribution in [0.4, 0.5) is 0 Å². The van der Waals surface area contributed by atoms with E-state index in [0.29, 0.717) is 12.1 Å². The summed E-state index contributed by atoms with van der Waals surface area (Å²) in [6, 6.07) is -0.283. The van der Waals surface area contributed by atoms with Crippen LogP contribution >= 0.6 is 0 Å². The lowest BCUT2D eigenvalue weighted by Crippen LogP contribution is -2.60. The molecule has 0 aliphatic heterocycles. The molecule has 0 spiro atoms. The smallest absolute Gasteiger partial charge is 0.322 e. The standard InChI is InChI=1S/C15H18N2O5/c1-17(2)12-8-6-5-7-9(18)15(8,21-4)13(19)10-11(12)16-22-14(10)20-3/h5,7-8,12H,6H2,1-4H3/t8-,12-,15-/m0/s1. The molecule has 0 amide bonds. The number of fused-ring (bicyclic) bond motifs is 2. The fraction of sp³-hybridized carbons (Fsp3) is 0.533. The number of carbonyl (C=O) groups is 2. The van der Waals surface area contributed by atoms with Crippen molar-refractivity contribution in [3.63, 3.8) is 0 Å². The van der Waals surface area contributed by atoms with Crippen molar-refractivity contribution in [3.8, 4) is 5.95 Å². The highest BCUT2D eigenvalue weighted by Crippen LogP contribution is 2.50. The van der Waals surface area contributed by atoms with Crippen molar-refractivity contribution in [2.45, 2.75) is 18.1 Å². The highest BCUT2D eigenvalue weighted by atomic mass is 16.6. The van der Waals surface area contributed by atoms with Crippen molar-refractivity contribution in [2.24, 2.45) is 5.92 Å². The van der Waals surface area contributed by atoms with Crippen molar-refractivity contribution >= 4 is 11.6 Å². The van der Waals surface area contributed by atoms with Gasteiger partial charge in [-0.2, -0.15) is 0 Å². The summed E-state index contributed by atoms with van der Waals surface area (Å²) < 4.78 is 15.8. The van der Waals surface area contributed by atoms with Gasteiger partial charge in [-0.3, -0.25) is 9.59 Å². The van der Waals surface area contributed by atoms with Crippen LogP contribution in [0.15, 0.2) is 16.7 Å². The SMILES string of the molecule is COc1onc2c1C(=O)[C@@]1(OC)C(=O)C=CC[C@H]1[C@@H]2N(C)C. The summed E-state index contributed by atoms with van der Waals surface area (Å²) in [6.45, 7) is 0. The zero-order valence-electron chi connectivity index (χ0n) is 13.0. The zero-order chi connectivity index (χ0) is 16.1. The third kappa shape index (κ3) is 1.66. The van der Waals surface area contributed by atoms with Crippen LogP contribution in [0.25, 0.3) is 0 Å². The molecule has 0 aromatic carbocycles. The summed E-state index contributed by atoms with van der Waals surface area (Å²) in [6.07, 6.45) is 3.73. The first kappa shape index (κ1) is 14.9. The van der Waals surface area contributed by atoms with Gasteiger partial charge in [-0.05, 0) is 26.6 Å². The lowest BCUT2D eigenvalue weighted by Gasteiger charge is -2.46. The van der Waals surface area contributed by atoms with Gasteiger partial charge in [-0.15, -0.1) is 0 Å². The first-order chi connectivity index (χ1) is 10.5. The van der Waals surface area contributed by atoms with E-state index in [1.165, 1.54) is 20.3 Å². The van der Waals surface area contributed by atoms with Gasteiger partial charge >= 0.3 is 5.95 Å². The molecule has 118 valence electrons. The number of ether oxygens (including phenoxy) is 2. The second-order valence-electron chi connectivity index (χ2n) is 5.72. The topological polar surface area (TPSA) is 81.9 Å². The minimum atomic E-state index is -1.55. The Morgan fingerprint density at radius 1 is 1.36 bits per heavy atom. The number of Topliss-reactive ketones (excluding diaryl/α,β-unsaturated/α-hetero) is 1. The molecule has 3 rings (SSSR count). The normalized spacial score (nSPS) is 30.4. The largest absolute Gasteiger partial charge is 0.467 e. The molecular formula is C15H18N2O5. The number of ketones is 2. The van der Waals surface area contributed by atoms with Crippen LogP contribution in [-0.4, -0.2) is 55.5 Å². The van der Waals surface area contributed by atoms with Gasteiger partial charge in [0.15, 0.2) is 11.4 Å². The average Bonchev–Trinajstić information content (AvgIpc) is 2.91. The van der Waals surface area contributed by atoms with Crippen LogP contribution in [-0.2, 0) is 9.53 Å². The maximum absolute atomic E-state index is 13.0. The predicted octanol–water partition coefficient (Wildman–Crippen LogP) is 1.01. The van der Waals surface area contributed by atoms with Crippen LogP contribution < -0.4 is 4.74 Å². The first-order valence-electron chi connectivity index (χ1n) is 7.00. The van der Waals surface area contributed by atoms with E-state index in [1.54, 1.807) is 6.08 Å². The molecule has 0 fully saturated rings. The van der Waals surface area contributed by atoms with Crippen LogP contribution in [0, 0.1) is 5.92 Å². The van der Waals surface area contributed by atoms with Gasteiger partial charge in [0.1, 0.15) is 11.3 Å². The molecule has 0 N–H and O–H groups in total. The van der Waals surface area contributed by atoms with Gasteiger partial charge in [0.2, 0.25) is 5.78 Å². The zero-order valence-corrected chi connectivity index (χ0v) is 13.0. The van der Waals surface area contributed by atoms with E-state index in [1.807, 2.05) is 19.0 Å². The van der Waals surface area contributed by atoms with Crippen LogP contribution in [0.3, 0.4) is 0 Å². The van der Waals surface area contributed by atoms with E-state index in [9.17, 15) is 9.59 Å². The summed E-state index contributed by atoms with van der Waals surface area (Å²) in [5.74, 6) is -1.14. The van der Waals surface area contributed by atoms with Crippen LogP contribution in [0.1, 0.15) is 28.5 Å². The minimum absolute atomic E-state index is 0.0177. The van der Waals surface area contributed by atoms with Gasteiger partial charge in [0, 0.05) is 13.0 Å². The summed E-state index contributed by atoms with van der Waals surface area (Å²) in [4.78, 5) is 27.5. The maximum atomic E-state index is 13.0. The number of nitrogens with zero attached hydrogens (tertiary/aromatic N) is 2. The molecule has 7 heteroatoms. The number of aromatic nitrogens is 1. The highest BCUT2D eigenvalue weighted by Gasteiger charge is 2.62. The van der Waals surface area contributed by atoms with Gasteiger partial charge in [0.05, 0.1) is 13.2 Å². The van der Waals surface area contributed by atoms with E-state index in [4.69, 9.17) is 14.0 Å². The average molecular weight is 306 g/mol. The molecule has 0 bridgehead atoms. The summed E-state index contributed by atoms with van der Waals surface area (Å²) in [7, 11) is 6.52. The summed E-state index contributed by atoms with van der Waals surface area (Å²) in [5, 5.41) is 4.01. The van der Waals surface area contributed by atoms with E-state index >= 15 is 0 Å². The monoisotopic (exact) mass is 306 g/mol. The third-order valence-electron chi connectivity index (χ3n) is 4.52. The molecule has 0 saturated carbocycles. The fourth-order valence-electron chi connectivity index (χ4n) is 3.59. The Kier molecular flexibility index (Phi) is 3.41. The summed E-state index contributed by atoms with van der Waals surface area (Å²) >= 11 is 0. The van der Waals surface area contributed by atoms with Crippen molar-refractivity contribution in [3.05, 3.63) is 23.4 Å². The summed E-state index contributed by atoms with van der Waals surface area (Å²) in [5.41, 5.74) is -0.856. The van der Waals surface area contributed by atoms with Gasteiger partial charge in [0.25, 0.3) is 0 Å². The Hall–Kier alpha value is -1.99. The molecule has 1 aromatic rings. The lowest BCUT2D eigenvalue weighted by atomic mass is 9.64. The Labute approximate surface area is 127 Å². The van der Waals surface area contributed by atoms with E-state index in [0.717, 1.165) is 0 Å².